The van der Waals surface area contributed by atoms with Gasteiger partial charge in [-0.15, -0.1) is 0 Å². The Hall–Kier alpha value is -1.89. The Morgan fingerprint density at radius 2 is 2.08 bits per heavy atom. The van der Waals surface area contributed by atoms with E-state index in [0.29, 0.717) is 18.9 Å². The number of methoxy groups -OCH3 is 1. The van der Waals surface area contributed by atoms with Gasteiger partial charge in [-0.25, -0.2) is 4.98 Å². The largest absolute Gasteiger partial charge is 0.385 e. The highest BCUT2D eigenvalue weighted by Crippen LogP contribution is 2.40. The molecular formula is C18H28N4O3. The van der Waals surface area contributed by atoms with Crippen molar-refractivity contribution in [3.8, 4) is 0 Å². The van der Waals surface area contributed by atoms with E-state index in [1.165, 1.54) is 0 Å². The monoisotopic (exact) mass is 348 g/mol. The zero-order valence-corrected chi connectivity index (χ0v) is 15.2. The van der Waals surface area contributed by atoms with Crippen LogP contribution in [0.3, 0.4) is 0 Å². The quantitative estimate of drug-likeness (QED) is 0.752. The van der Waals surface area contributed by atoms with Crippen molar-refractivity contribution in [3.63, 3.8) is 0 Å². The minimum Gasteiger partial charge on any atom is -0.385 e. The van der Waals surface area contributed by atoms with Gasteiger partial charge in [0.2, 0.25) is 5.91 Å². The van der Waals surface area contributed by atoms with Crippen LogP contribution in [0.1, 0.15) is 42.7 Å². The number of piperidine rings is 2. The second kappa shape index (κ2) is 7.56. The minimum absolute atomic E-state index is 0.00573. The van der Waals surface area contributed by atoms with Crippen LogP contribution in [0.2, 0.25) is 0 Å². The summed E-state index contributed by atoms with van der Waals surface area (Å²) in [6.07, 6.45) is 7.81. The summed E-state index contributed by atoms with van der Waals surface area (Å²) in [6, 6.07) is 0. The molecule has 0 unspecified atom stereocenters. The highest BCUT2D eigenvalue weighted by Gasteiger charge is 2.41. The molecule has 2 amide bonds. The number of nitrogens with zero attached hydrogens (tertiary/aromatic N) is 4. The highest BCUT2D eigenvalue weighted by molar-refractivity contribution is 5.90. The number of aryl methyl sites for hydroxylation is 1. The molecule has 0 radical (unpaired) electrons. The molecule has 2 aliphatic heterocycles. The molecule has 0 aromatic carbocycles. The number of hydrogen-bond acceptors (Lipinski definition) is 4. The van der Waals surface area contributed by atoms with E-state index >= 15 is 0 Å². The van der Waals surface area contributed by atoms with Gasteiger partial charge in [-0.05, 0) is 31.1 Å². The first-order valence-corrected chi connectivity index (χ1v) is 9.08. The Bertz CT molecular complexity index is 620. The predicted octanol–water partition coefficient (Wildman–Crippen LogP) is 1.30. The van der Waals surface area contributed by atoms with E-state index in [-0.39, 0.29) is 17.2 Å². The lowest BCUT2D eigenvalue weighted by Gasteiger charge is -2.47. The molecule has 25 heavy (non-hydrogen) atoms. The fourth-order valence-electron chi connectivity index (χ4n) is 4.01. The molecule has 138 valence electrons. The number of amides is 2. The van der Waals surface area contributed by atoms with E-state index in [1.54, 1.807) is 24.1 Å². The van der Waals surface area contributed by atoms with Crippen molar-refractivity contribution in [2.45, 2.75) is 32.1 Å². The number of ether oxygens (including phenoxy) is 1. The van der Waals surface area contributed by atoms with E-state index in [1.807, 2.05) is 16.8 Å². The second-order valence-corrected chi connectivity index (χ2v) is 7.32. The number of hydrogen-bond donors (Lipinski definition) is 0. The standard InChI is InChI=1S/C18H28N4O3/c1-20-12-8-19-16(20)17(24)21-10-6-18(7-11-21)5-4-15(23)22(14-18)9-3-13-25-2/h8,12H,3-7,9-11,13-14H2,1-2H3. The Labute approximate surface area is 148 Å². The third-order valence-electron chi connectivity index (χ3n) is 5.65. The van der Waals surface area contributed by atoms with Gasteiger partial charge in [0.25, 0.3) is 5.91 Å². The molecule has 7 nitrogen and oxygen atoms in total. The van der Waals surface area contributed by atoms with Crippen LogP contribution in [0.5, 0.6) is 0 Å². The summed E-state index contributed by atoms with van der Waals surface area (Å²) in [5.41, 5.74) is 0.166. The molecule has 0 atom stereocenters. The number of rotatable bonds is 5. The molecular weight excluding hydrogens is 320 g/mol. The molecule has 1 aromatic heterocycles. The molecule has 3 rings (SSSR count). The van der Waals surface area contributed by atoms with E-state index in [4.69, 9.17) is 4.74 Å². The molecule has 2 aliphatic rings. The third kappa shape index (κ3) is 3.86. The van der Waals surface area contributed by atoms with Gasteiger partial charge in [-0.1, -0.05) is 0 Å². The van der Waals surface area contributed by atoms with E-state index in [0.717, 1.165) is 51.9 Å². The summed E-state index contributed by atoms with van der Waals surface area (Å²) < 4.78 is 6.87. The number of carbonyl (C=O) groups excluding carboxylic acids is 2. The first-order valence-electron chi connectivity index (χ1n) is 9.08. The molecule has 0 N–H and O–H groups in total. The SMILES string of the molecule is COCCCN1CC2(CCC1=O)CCN(C(=O)c1nccn1C)CC2. The van der Waals surface area contributed by atoms with Crippen LogP contribution in [0.25, 0.3) is 0 Å². The first-order chi connectivity index (χ1) is 12.0. The van der Waals surface area contributed by atoms with E-state index < -0.39 is 0 Å². The Balaban J connectivity index is 1.58. The average Bonchev–Trinajstić information content (AvgIpc) is 3.04. The van der Waals surface area contributed by atoms with Gasteiger partial charge in [-0.2, -0.15) is 0 Å². The molecule has 7 heteroatoms. The number of likely N-dealkylation sites (tertiary alicyclic amines) is 2. The van der Waals surface area contributed by atoms with Crippen LogP contribution < -0.4 is 0 Å². The van der Waals surface area contributed by atoms with Crippen LogP contribution in [-0.2, 0) is 16.6 Å². The molecule has 0 bridgehead atoms. The Morgan fingerprint density at radius 1 is 1.32 bits per heavy atom. The Kier molecular flexibility index (Phi) is 5.42. The predicted molar refractivity (Wildman–Crippen MR) is 93.1 cm³/mol. The topological polar surface area (TPSA) is 67.7 Å². The normalized spacial score (nSPS) is 20.3. The maximum atomic E-state index is 12.6. The molecule has 2 fully saturated rings. The summed E-state index contributed by atoms with van der Waals surface area (Å²) in [4.78, 5) is 32.9. The average molecular weight is 348 g/mol. The number of carbonyl (C=O) groups is 2. The van der Waals surface area contributed by atoms with Crippen LogP contribution in [0.15, 0.2) is 12.4 Å². The molecule has 0 saturated carbocycles. The van der Waals surface area contributed by atoms with Crippen molar-refractivity contribution < 1.29 is 14.3 Å². The molecule has 0 aliphatic carbocycles. The van der Waals surface area contributed by atoms with Crippen LogP contribution in [0.4, 0.5) is 0 Å². The summed E-state index contributed by atoms with van der Waals surface area (Å²) in [6.45, 7) is 3.75. The highest BCUT2D eigenvalue weighted by atomic mass is 16.5. The fraction of sp³-hybridized carbons (Fsp3) is 0.722. The van der Waals surface area contributed by atoms with Crippen molar-refractivity contribution in [3.05, 3.63) is 18.2 Å². The van der Waals surface area contributed by atoms with Gasteiger partial charge in [0.1, 0.15) is 0 Å². The minimum atomic E-state index is 0.00573. The van der Waals surface area contributed by atoms with Gasteiger partial charge in [0.05, 0.1) is 0 Å². The van der Waals surface area contributed by atoms with Gasteiger partial charge >= 0.3 is 0 Å². The van der Waals surface area contributed by atoms with Gasteiger partial charge in [0, 0.05) is 65.8 Å². The summed E-state index contributed by atoms with van der Waals surface area (Å²) in [5, 5.41) is 0. The molecule has 1 aromatic rings. The van der Waals surface area contributed by atoms with Crippen molar-refractivity contribution in [1.29, 1.82) is 0 Å². The Morgan fingerprint density at radius 3 is 2.72 bits per heavy atom. The smallest absolute Gasteiger partial charge is 0.289 e. The number of aromatic nitrogens is 2. The zero-order chi connectivity index (χ0) is 17.9. The van der Waals surface area contributed by atoms with Gasteiger partial charge < -0.3 is 19.1 Å². The van der Waals surface area contributed by atoms with Crippen molar-refractivity contribution >= 4 is 11.8 Å². The van der Waals surface area contributed by atoms with Gasteiger partial charge in [-0.3, -0.25) is 9.59 Å². The molecule has 3 heterocycles. The van der Waals surface area contributed by atoms with E-state index in [2.05, 4.69) is 4.98 Å². The van der Waals surface area contributed by atoms with Gasteiger partial charge in [0.15, 0.2) is 5.82 Å². The lowest BCUT2D eigenvalue weighted by Crippen LogP contribution is -2.52. The fourth-order valence-corrected chi connectivity index (χ4v) is 4.01. The lowest BCUT2D eigenvalue weighted by atomic mass is 9.72. The van der Waals surface area contributed by atoms with Crippen molar-refractivity contribution in [2.24, 2.45) is 12.5 Å². The summed E-state index contributed by atoms with van der Waals surface area (Å²) in [5.74, 6) is 0.760. The maximum Gasteiger partial charge on any atom is 0.289 e. The third-order valence-corrected chi connectivity index (χ3v) is 5.65. The van der Waals surface area contributed by atoms with Crippen LogP contribution in [-0.4, -0.2) is 71.1 Å². The summed E-state index contributed by atoms with van der Waals surface area (Å²) in [7, 11) is 3.53. The first kappa shape index (κ1) is 17.9. The molecule has 1 spiro atoms. The van der Waals surface area contributed by atoms with E-state index in [9.17, 15) is 9.59 Å². The van der Waals surface area contributed by atoms with Crippen LogP contribution >= 0.6 is 0 Å². The second-order valence-electron chi connectivity index (χ2n) is 7.32. The molecule has 2 saturated heterocycles. The van der Waals surface area contributed by atoms with Crippen molar-refractivity contribution in [2.75, 3.05) is 39.9 Å². The maximum absolute atomic E-state index is 12.6. The number of imidazole rings is 1. The summed E-state index contributed by atoms with van der Waals surface area (Å²) >= 11 is 0. The van der Waals surface area contributed by atoms with Crippen molar-refractivity contribution in [1.82, 2.24) is 19.4 Å². The van der Waals surface area contributed by atoms with Crippen LogP contribution in [0, 0.1) is 5.41 Å². The zero-order valence-electron chi connectivity index (χ0n) is 15.2. The lowest BCUT2D eigenvalue weighted by molar-refractivity contribution is -0.139.